The van der Waals surface area contributed by atoms with Gasteiger partial charge in [-0.2, -0.15) is 0 Å². The monoisotopic (exact) mass is 847 g/mol. The van der Waals surface area contributed by atoms with Gasteiger partial charge in [0.15, 0.2) is 6.10 Å². The SMILES string of the molecule is CC/C=C/C=C/C=C/C=C/CCCCCC(=O)OCC(COC(=O)CCCCC/C=C/C/C=C/C/C=C/C/C=C/CC)OC(=O)CCCCCCCCCCCCCCCC. The molecule has 0 N–H and O–H groups in total. The van der Waals surface area contributed by atoms with Crippen LogP contribution in [-0.2, 0) is 28.6 Å². The van der Waals surface area contributed by atoms with E-state index in [9.17, 15) is 14.4 Å². The van der Waals surface area contributed by atoms with Gasteiger partial charge in [0, 0.05) is 19.3 Å². The normalized spacial score (nSPS) is 12.9. The molecule has 1 atom stereocenters. The van der Waals surface area contributed by atoms with Crippen LogP contribution in [0.1, 0.15) is 213 Å². The molecule has 0 aromatic rings. The highest BCUT2D eigenvalue weighted by atomic mass is 16.6. The molecule has 0 saturated carbocycles. The van der Waals surface area contributed by atoms with Crippen molar-refractivity contribution in [1.29, 1.82) is 0 Å². The lowest BCUT2D eigenvalue weighted by Gasteiger charge is -2.18. The Balaban J connectivity index is 4.50. The highest BCUT2D eigenvalue weighted by Crippen LogP contribution is 2.14. The van der Waals surface area contributed by atoms with Crippen molar-refractivity contribution in [3.05, 3.63) is 97.2 Å². The maximum atomic E-state index is 12.8. The van der Waals surface area contributed by atoms with Crippen LogP contribution >= 0.6 is 0 Å². The Hall–Kier alpha value is -3.67. The van der Waals surface area contributed by atoms with Gasteiger partial charge in [0.1, 0.15) is 13.2 Å². The van der Waals surface area contributed by atoms with Gasteiger partial charge in [-0.15, -0.1) is 0 Å². The summed E-state index contributed by atoms with van der Waals surface area (Å²) in [5.41, 5.74) is 0. The molecule has 0 heterocycles. The average molecular weight is 847 g/mol. The van der Waals surface area contributed by atoms with Gasteiger partial charge in [0.25, 0.3) is 0 Å². The summed E-state index contributed by atoms with van der Waals surface area (Å²) in [5.74, 6) is -0.977. The summed E-state index contributed by atoms with van der Waals surface area (Å²) in [6, 6.07) is 0. The molecule has 0 saturated heterocycles. The van der Waals surface area contributed by atoms with E-state index in [1.54, 1.807) is 0 Å². The molecular weight excluding hydrogens is 757 g/mol. The van der Waals surface area contributed by atoms with E-state index in [1.807, 2.05) is 36.5 Å². The molecule has 0 fully saturated rings. The van der Waals surface area contributed by atoms with E-state index in [1.165, 1.54) is 70.6 Å². The van der Waals surface area contributed by atoms with E-state index in [2.05, 4.69) is 81.5 Å². The lowest BCUT2D eigenvalue weighted by Crippen LogP contribution is -2.30. The van der Waals surface area contributed by atoms with Gasteiger partial charge in [0.2, 0.25) is 0 Å². The number of unbranched alkanes of at least 4 members (excludes halogenated alkanes) is 19. The molecule has 6 nitrogen and oxygen atoms in total. The number of hydrogen-bond acceptors (Lipinski definition) is 6. The summed E-state index contributed by atoms with van der Waals surface area (Å²) >= 11 is 0. The predicted octanol–water partition coefficient (Wildman–Crippen LogP) is 16.2. The molecule has 0 aliphatic rings. The van der Waals surface area contributed by atoms with Crippen LogP contribution in [0.4, 0.5) is 0 Å². The van der Waals surface area contributed by atoms with Gasteiger partial charge in [-0.3, -0.25) is 14.4 Å². The quantitative estimate of drug-likeness (QED) is 0.0200. The first-order valence-corrected chi connectivity index (χ1v) is 24.8. The Bertz CT molecular complexity index is 1250. The topological polar surface area (TPSA) is 78.9 Å². The molecule has 0 aliphatic carbocycles. The van der Waals surface area contributed by atoms with Crippen molar-refractivity contribution in [3.8, 4) is 0 Å². The van der Waals surface area contributed by atoms with Crippen LogP contribution in [0.15, 0.2) is 97.2 Å². The minimum Gasteiger partial charge on any atom is -0.462 e. The third-order valence-corrected chi connectivity index (χ3v) is 10.2. The Kier molecular flexibility index (Phi) is 46.0. The summed E-state index contributed by atoms with van der Waals surface area (Å²) in [7, 11) is 0. The third-order valence-electron chi connectivity index (χ3n) is 10.2. The summed E-state index contributed by atoms with van der Waals surface area (Å²) in [5, 5.41) is 0. The number of esters is 3. The third kappa shape index (κ3) is 47.2. The minimum atomic E-state index is -0.805. The molecule has 0 radical (unpaired) electrons. The first-order chi connectivity index (χ1) is 30.0. The molecule has 0 aliphatic heterocycles. The fourth-order valence-electron chi connectivity index (χ4n) is 6.50. The van der Waals surface area contributed by atoms with Crippen molar-refractivity contribution in [3.63, 3.8) is 0 Å². The van der Waals surface area contributed by atoms with Gasteiger partial charge >= 0.3 is 17.9 Å². The summed E-state index contributed by atoms with van der Waals surface area (Å²) in [4.78, 5) is 37.9. The molecule has 346 valence electrons. The van der Waals surface area contributed by atoms with Gasteiger partial charge in [-0.1, -0.05) is 214 Å². The number of allylic oxidation sites excluding steroid dienone is 16. The van der Waals surface area contributed by atoms with Crippen molar-refractivity contribution < 1.29 is 28.6 Å². The van der Waals surface area contributed by atoms with E-state index in [0.29, 0.717) is 19.3 Å². The lowest BCUT2D eigenvalue weighted by molar-refractivity contribution is -0.167. The van der Waals surface area contributed by atoms with Gasteiger partial charge in [-0.05, 0) is 77.0 Å². The Labute approximate surface area is 375 Å². The highest BCUT2D eigenvalue weighted by Gasteiger charge is 2.19. The lowest BCUT2D eigenvalue weighted by atomic mass is 10.0. The van der Waals surface area contributed by atoms with Gasteiger partial charge < -0.3 is 14.2 Å². The first kappa shape index (κ1) is 57.3. The van der Waals surface area contributed by atoms with Crippen LogP contribution in [0.3, 0.4) is 0 Å². The molecule has 0 rings (SSSR count). The molecule has 0 bridgehead atoms. The van der Waals surface area contributed by atoms with E-state index in [-0.39, 0.29) is 31.1 Å². The van der Waals surface area contributed by atoms with E-state index >= 15 is 0 Å². The molecule has 0 spiro atoms. The zero-order valence-corrected chi connectivity index (χ0v) is 39.4. The van der Waals surface area contributed by atoms with Crippen LogP contribution in [0.5, 0.6) is 0 Å². The highest BCUT2D eigenvalue weighted by molar-refractivity contribution is 5.71. The molecule has 0 aromatic heterocycles. The fourth-order valence-corrected chi connectivity index (χ4v) is 6.50. The second kappa shape index (κ2) is 49.0. The van der Waals surface area contributed by atoms with Crippen LogP contribution in [0, 0.1) is 0 Å². The predicted molar refractivity (Wildman–Crippen MR) is 260 cm³/mol. The Morgan fingerprint density at radius 3 is 1.20 bits per heavy atom. The number of carbonyl (C=O) groups is 3. The first-order valence-electron chi connectivity index (χ1n) is 24.8. The fraction of sp³-hybridized carbons (Fsp3) is 0.655. The van der Waals surface area contributed by atoms with Crippen molar-refractivity contribution >= 4 is 17.9 Å². The van der Waals surface area contributed by atoms with Crippen LogP contribution in [0.25, 0.3) is 0 Å². The Morgan fingerprint density at radius 1 is 0.361 bits per heavy atom. The second-order valence-electron chi connectivity index (χ2n) is 16.1. The molecular formula is C55H90O6. The van der Waals surface area contributed by atoms with Crippen molar-refractivity contribution in [2.75, 3.05) is 13.2 Å². The summed E-state index contributed by atoms with van der Waals surface area (Å²) in [6.07, 6.45) is 63.9. The van der Waals surface area contributed by atoms with Gasteiger partial charge in [0.05, 0.1) is 0 Å². The largest absolute Gasteiger partial charge is 0.462 e. The molecule has 6 heteroatoms. The number of hydrogen-bond donors (Lipinski definition) is 0. The van der Waals surface area contributed by atoms with Crippen LogP contribution in [0.2, 0.25) is 0 Å². The van der Waals surface area contributed by atoms with Crippen molar-refractivity contribution in [2.24, 2.45) is 0 Å². The minimum absolute atomic E-state index is 0.107. The zero-order valence-electron chi connectivity index (χ0n) is 39.4. The standard InChI is InChI=1S/C55H90O6/c1-4-7-10-13-16-19-22-25-27-28-31-33-36-39-42-45-48-54(57)60-51-52(50-59-53(56)47-44-41-38-35-32-29-24-21-18-15-12-9-6-3)61-55(58)49-46-43-40-37-34-30-26-23-20-17-14-11-8-5-2/h7,9-10,12,15-16,18-19,21,24-25,27,29,31-33,52H,4-6,8,11,13-14,17,20,22-23,26,28,30,34-51H2,1-3H3/b10-7+,12-9+,18-15+,19-16+,24-21+,27-25+,32-29+,33-31+. The summed E-state index contributed by atoms with van der Waals surface area (Å²) < 4.78 is 16.7. The van der Waals surface area contributed by atoms with Gasteiger partial charge in [-0.25, -0.2) is 0 Å². The van der Waals surface area contributed by atoms with Crippen LogP contribution < -0.4 is 0 Å². The molecule has 61 heavy (non-hydrogen) atoms. The second-order valence-corrected chi connectivity index (χ2v) is 16.1. The number of carbonyl (C=O) groups excluding carboxylic acids is 3. The molecule has 0 aromatic carbocycles. The van der Waals surface area contributed by atoms with E-state index in [4.69, 9.17) is 14.2 Å². The molecule has 1 unspecified atom stereocenters. The molecule has 0 amide bonds. The summed E-state index contributed by atoms with van der Waals surface area (Å²) in [6.45, 7) is 6.31. The zero-order chi connectivity index (χ0) is 44.4. The smallest absolute Gasteiger partial charge is 0.306 e. The van der Waals surface area contributed by atoms with Crippen molar-refractivity contribution in [1.82, 2.24) is 0 Å². The van der Waals surface area contributed by atoms with E-state index < -0.39 is 6.10 Å². The number of ether oxygens (including phenoxy) is 3. The van der Waals surface area contributed by atoms with Crippen molar-refractivity contribution in [2.45, 2.75) is 219 Å². The maximum absolute atomic E-state index is 12.8. The number of rotatable bonds is 43. The van der Waals surface area contributed by atoms with Crippen LogP contribution in [-0.4, -0.2) is 37.2 Å². The van der Waals surface area contributed by atoms with E-state index in [0.717, 1.165) is 103 Å². The average Bonchev–Trinajstić information content (AvgIpc) is 3.26. The Morgan fingerprint density at radius 2 is 0.721 bits per heavy atom. The maximum Gasteiger partial charge on any atom is 0.306 e.